The van der Waals surface area contributed by atoms with Crippen LogP contribution in [-0.4, -0.2) is 47.9 Å². The summed E-state index contributed by atoms with van der Waals surface area (Å²) in [6.07, 6.45) is 5.43. The molecule has 0 saturated carbocycles. The predicted octanol–water partition coefficient (Wildman–Crippen LogP) is 2.40. The Kier molecular flexibility index (Phi) is 6.74. The molecule has 3 heterocycles. The molecule has 4 rings (SSSR count). The third-order valence-electron chi connectivity index (χ3n) is 6.21. The van der Waals surface area contributed by atoms with E-state index in [4.69, 9.17) is 0 Å². The van der Waals surface area contributed by atoms with Crippen LogP contribution in [0.25, 0.3) is 0 Å². The maximum Gasteiger partial charge on any atom is 0.253 e. The van der Waals surface area contributed by atoms with Crippen LogP contribution < -0.4 is 10.6 Å². The van der Waals surface area contributed by atoms with E-state index in [0.717, 1.165) is 30.8 Å². The summed E-state index contributed by atoms with van der Waals surface area (Å²) in [5.41, 5.74) is 2.89. The van der Waals surface area contributed by atoms with Crippen LogP contribution in [0.15, 0.2) is 48.7 Å². The van der Waals surface area contributed by atoms with Crippen molar-refractivity contribution in [2.24, 2.45) is 11.8 Å². The molecule has 2 N–H and O–H groups in total. The summed E-state index contributed by atoms with van der Waals surface area (Å²) in [6, 6.07) is 13.7. The number of nitrogens with zero attached hydrogens (tertiary/aromatic N) is 2. The van der Waals surface area contributed by atoms with Crippen LogP contribution in [0.3, 0.4) is 0 Å². The smallest absolute Gasteiger partial charge is 0.253 e. The monoisotopic (exact) mass is 406 g/mol. The number of hydrogen-bond acceptors (Lipinski definition) is 4. The Morgan fingerprint density at radius 1 is 1.07 bits per heavy atom. The summed E-state index contributed by atoms with van der Waals surface area (Å²) in [7, 11) is 0. The molecule has 6 heteroatoms. The van der Waals surface area contributed by atoms with Gasteiger partial charge in [-0.1, -0.05) is 18.2 Å². The Labute approximate surface area is 178 Å². The molecule has 2 aliphatic rings. The third-order valence-corrected chi connectivity index (χ3v) is 6.21. The number of amides is 2. The lowest BCUT2D eigenvalue weighted by molar-refractivity contribution is -0.126. The van der Waals surface area contributed by atoms with Gasteiger partial charge in [0, 0.05) is 30.8 Å². The molecule has 2 amide bonds. The number of piperidine rings is 1. The number of pyridine rings is 1. The second-order valence-electron chi connectivity index (χ2n) is 8.37. The lowest BCUT2D eigenvalue weighted by Crippen LogP contribution is -2.43. The van der Waals surface area contributed by atoms with Gasteiger partial charge in [-0.2, -0.15) is 0 Å². The van der Waals surface area contributed by atoms with Crippen LogP contribution >= 0.6 is 0 Å². The lowest BCUT2D eigenvalue weighted by atomic mass is 9.95. The first-order valence-corrected chi connectivity index (χ1v) is 11.0. The standard InChI is InChI=1S/C24H30N4O2/c29-23(27-17-22-3-1-2-11-26-22)20-9-13-28(14-10-20)24(30)21-6-4-18(5-7-21)15-19-8-12-25-16-19/h1-7,11,19-20,25H,8-10,12-17H2,(H,27,29). The fraction of sp³-hybridized carbons (Fsp3) is 0.458. The quantitative estimate of drug-likeness (QED) is 0.773. The van der Waals surface area contributed by atoms with Gasteiger partial charge in [-0.25, -0.2) is 0 Å². The predicted molar refractivity (Wildman–Crippen MR) is 116 cm³/mol. The number of benzene rings is 1. The Hall–Kier alpha value is -2.73. The zero-order chi connectivity index (χ0) is 20.8. The van der Waals surface area contributed by atoms with Crippen LogP contribution in [0.4, 0.5) is 0 Å². The van der Waals surface area contributed by atoms with Crippen molar-refractivity contribution >= 4 is 11.8 Å². The van der Waals surface area contributed by atoms with E-state index in [-0.39, 0.29) is 17.7 Å². The molecule has 6 nitrogen and oxygen atoms in total. The number of aromatic nitrogens is 1. The van der Waals surface area contributed by atoms with Gasteiger partial charge in [0.15, 0.2) is 0 Å². The average molecular weight is 407 g/mol. The van der Waals surface area contributed by atoms with Crippen LogP contribution in [-0.2, 0) is 17.8 Å². The van der Waals surface area contributed by atoms with E-state index in [1.165, 1.54) is 12.0 Å². The first-order chi connectivity index (χ1) is 14.7. The SMILES string of the molecule is O=C(NCc1ccccn1)C1CCN(C(=O)c2ccc(CC3CCNC3)cc2)CC1. The fourth-order valence-corrected chi connectivity index (χ4v) is 4.36. The molecule has 2 saturated heterocycles. The zero-order valence-electron chi connectivity index (χ0n) is 17.3. The molecular formula is C24H30N4O2. The van der Waals surface area contributed by atoms with Gasteiger partial charge in [0.2, 0.25) is 5.91 Å². The highest BCUT2D eigenvalue weighted by atomic mass is 16.2. The van der Waals surface area contributed by atoms with E-state index in [0.29, 0.717) is 38.4 Å². The average Bonchev–Trinajstić information content (AvgIpc) is 3.31. The zero-order valence-corrected chi connectivity index (χ0v) is 17.3. The molecule has 158 valence electrons. The molecule has 0 bridgehead atoms. The first-order valence-electron chi connectivity index (χ1n) is 11.0. The van der Waals surface area contributed by atoms with E-state index in [1.807, 2.05) is 35.2 Å². The minimum atomic E-state index is -0.0415. The molecular weight excluding hydrogens is 376 g/mol. The molecule has 30 heavy (non-hydrogen) atoms. The Balaban J connectivity index is 1.24. The second kappa shape index (κ2) is 9.85. The van der Waals surface area contributed by atoms with Crippen LogP contribution in [0, 0.1) is 11.8 Å². The minimum absolute atomic E-state index is 0.0415. The fourth-order valence-electron chi connectivity index (χ4n) is 4.36. The summed E-state index contributed by atoms with van der Waals surface area (Å²) in [5, 5.41) is 6.37. The molecule has 1 unspecified atom stereocenters. The van der Waals surface area contributed by atoms with Crippen molar-refractivity contribution in [2.75, 3.05) is 26.2 Å². The van der Waals surface area contributed by atoms with Gasteiger partial charge in [0.25, 0.3) is 5.91 Å². The summed E-state index contributed by atoms with van der Waals surface area (Å²) >= 11 is 0. The molecule has 2 aromatic rings. The normalized spacial score (nSPS) is 19.6. The van der Waals surface area contributed by atoms with E-state index in [1.54, 1.807) is 6.20 Å². The van der Waals surface area contributed by atoms with Crippen molar-refractivity contribution in [3.63, 3.8) is 0 Å². The minimum Gasteiger partial charge on any atom is -0.350 e. The van der Waals surface area contributed by atoms with Gasteiger partial charge < -0.3 is 15.5 Å². The number of likely N-dealkylation sites (tertiary alicyclic amines) is 1. The number of nitrogens with one attached hydrogen (secondary N) is 2. The van der Waals surface area contributed by atoms with Gasteiger partial charge in [0.1, 0.15) is 0 Å². The first kappa shape index (κ1) is 20.5. The number of hydrogen-bond donors (Lipinski definition) is 2. The highest BCUT2D eigenvalue weighted by Gasteiger charge is 2.27. The highest BCUT2D eigenvalue weighted by Crippen LogP contribution is 2.21. The second-order valence-corrected chi connectivity index (χ2v) is 8.37. The summed E-state index contributed by atoms with van der Waals surface area (Å²) in [6.45, 7) is 3.89. The van der Waals surface area contributed by atoms with Crippen molar-refractivity contribution in [1.82, 2.24) is 20.5 Å². The highest BCUT2D eigenvalue weighted by molar-refractivity contribution is 5.94. The van der Waals surface area contributed by atoms with Crippen molar-refractivity contribution < 1.29 is 9.59 Å². The number of rotatable bonds is 6. The summed E-state index contributed by atoms with van der Waals surface area (Å²) in [5.74, 6) is 0.782. The molecule has 0 spiro atoms. The molecule has 1 aromatic carbocycles. The number of carbonyl (C=O) groups is 2. The van der Waals surface area contributed by atoms with Crippen molar-refractivity contribution in [1.29, 1.82) is 0 Å². The summed E-state index contributed by atoms with van der Waals surface area (Å²) in [4.78, 5) is 31.4. The van der Waals surface area contributed by atoms with E-state index >= 15 is 0 Å². The molecule has 1 atom stereocenters. The van der Waals surface area contributed by atoms with Crippen LogP contribution in [0.5, 0.6) is 0 Å². The van der Waals surface area contributed by atoms with Crippen molar-refractivity contribution in [3.05, 3.63) is 65.5 Å². The maximum absolute atomic E-state index is 12.8. The Morgan fingerprint density at radius 2 is 1.87 bits per heavy atom. The topological polar surface area (TPSA) is 74.3 Å². The molecule has 0 radical (unpaired) electrons. The van der Waals surface area contributed by atoms with Gasteiger partial charge >= 0.3 is 0 Å². The molecule has 2 fully saturated rings. The van der Waals surface area contributed by atoms with E-state index in [9.17, 15) is 9.59 Å². The molecule has 1 aromatic heterocycles. The van der Waals surface area contributed by atoms with Crippen molar-refractivity contribution in [2.45, 2.75) is 32.2 Å². The lowest BCUT2D eigenvalue weighted by Gasteiger charge is -2.31. The van der Waals surface area contributed by atoms with Gasteiger partial charge in [-0.15, -0.1) is 0 Å². The Morgan fingerprint density at radius 3 is 2.53 bits per heavy atom. The van der Waals surface area contributed by atoms with Gasteiger partial charge in [-0.05, 0) is 74.5 Å². The Bertz CT molecular complexity index is 839. The number of carbonyl (C=O) groups excluding carboxylic acids is 2. The third kappa shape index (κ3) is 5.25. The largest absolute Gasteiger partial charge is 0.350 e. The maximum atomic E-state index is 12.8. The van der Waals surface area contributed by atoms with Gasteiger partial charge in [-0.3, -0.25) is 14.6 Å². The van der Waals surface area contributed by atoms with Crippen LogP contribution in [0.2, 0.25) is 0 Å². The molecule has 2 aliphatic heterocycles. The van der Waals surface area contributed by atoms with E-state index in [2.05, 4.69) is 27.8 Å². The molecule has 0 aliphatic carbocycles. The van der Waals surface area contributed by atoms with Gasteiger partial charge in [0.05, 0.1) is 12.2 Å². The summed E-state index contributed by atoms with van der Waals surface area (Å²) < 4.78 is 0. The van der Waals surface area contributed by atoms with Crippen molar-refractivity contribution in [3.8, 4) is 0 Å². The van der Waals surface area contributed by atoms with Crippen LogP contribution in [0.1, 0.15) is 40.9 Å². The van der Waals surface area contributed by atoms with E-state index < -0.39 is 0 Å².